The fourth-order valence-corrected chi connectivity index (χ4v) is 5.59. The number of nitrogens with zero attached hydrogens (tertiary/aromatic N) is 1. The van der Waals surface area contributed by atoms with Gasteiger partial charge in [-0.05, 0) is 56.3 Å². The predicted octanol–water partition coefficient (Wildman–Crippen LogP) is 2.17. The number of amides is 1. The smallest absolute Gasteiger partial charge is 0.236 e. The van der Waals surface area contributed by atoms with E-state index < -0.39 is 0 Å². The zero-order valence-corrected chi connectivity index (χ0v) is 10.8. The molecule has 3 nitrogen and oxygen atoms in total. The maximum atomic E-state index is 11.2. The molecule has 4 heteroatoms. The normalized spacial score (nSPS) is 50.0. The molecule has 0 radical (unpaired) electrons. The van der Waals surface area contributed by atoms with Crippen molar-refractivity contribution in [2.45, 2.75) is 44.1 Å². The molecule has 4 aliphatic carbocycles. The van der Waals surface area contributed by atoms with Gasteiger partial charge in [-0.1, -0.05) is 11.8 Å². The van der Waals surface area contributed by atoms with Gasteiger partial charge in [0.05, 0.1) is 11.3 Å². The van der Waals surface area contributed by atoms with E-state index in [2.05, 4.69) is 5.32 Å². The number of carbonyl (C=O) groups is 1. The van der Waals surface area contributed by atoms with Crippen LogP contribution in [0.3, 0.4) is 0 Å². The minimum atomic E-state index is 0.124. The summed E-state index contributed by atoms with van der Waals surface area (Å²) in [6.45, 7) is 0. The van der Waals surface area contributed by atoms with Gasteiger partial charge in [-0.2, -0.15) is 0 Å². The van der Waals surface area contributed by atoms with E-state index in [0.29, 0.717) is 5.75 Å². The van der Waals surface area contributed by atoms with Crippen molar-refractivity contribution in [2.75, 3.05) is 5.75 Å². The second-order valence-electron chi connectivity index (χ2n) is 6.40. The van der Waals surface area contributed by atoms with E-state index in [9.17, 15) is 4.79 Å². The number of carbonyl (C=O) groups excluding carboxylic acids is 1. The molecular formula is C13H18N2OS. The summed E-state index contributed by atoms with van der Waals surface area (Å²) in [6, 6.07) is 0. The summed E-state index contributed by atoms with van der Waals surface area (Å²) < 4.78 is 0. The van der Waals surface area contributed by atoms with Crippen LogP contribution in [0.5, 0.6) is 0 Å². The summed E-state index contributed by atoms with van der Waals surface area (Å²) in [5, 5.41) is 3.80. The highest BCUT2D eigenvalue weighted by molar-refractivity contribution is 8.15. The number of nitrogens with one attached hydrogen (secondary N) is 1. The van der Waals surface area contributed by atoms with Gasteiger partial charge in [0.25, 0.3) is 0 Å². The minimum absolute atomic E-state index is 0.124. The molecule has 17 heavy (non-hydrogen) atoms. The average Bonchev–Trinajstić information content (AvgIpc) is 2.60. The Kier molecular flexibility index (Phi) is 2.14. The largest absolute Gasteiger partial charge is 0.305 e. The number of thioether (sulfide) groups is 1. The number of rotatable bonds is 1. The fraction of sp³-hybridized carbons (Fsp3) is 0.846. The van der Waals surface area contributed by atoms with Gasteiger partial charge < -0.3 is 5.32 Å². The Bertz CT molecular complexity index is 369. The lowest BCUT2D eigenvalue weighted by molar-refractivity contribution is -0.116. The van der Waals surface area contributed by atoms with E-state index in [0.717, 1.165) is 22.9 Å². The number of aliphatic imine (C=N–C) groups is 1. The molecule has 5 fully saturated rings. The highest BCUT2D eigenvalue weighted by atomic mass is 32.2. The van der Waals surface area contributed by atoms with Crippen molar-refractivity contribution in [1.82, 2.24) is 5.32 Å². The van der Waals surface area contributed by atoms with E-state index >= 15 is 0 Å². The summed E-state index contributed by atoms with van der Waals surface area (Å²) in [5.74, 6) is 3.46. The van der Waals surface area contributed by atoms with Crippen molar-refractivity contribution >= 4 is 22.8 Å². The van der Waals surface area contributed by atoms with E-state index in [1.807, 2.05) is 0 Å². The van der Waals surface area contributed by atoms with Crippen molar-refractivity contribution in [3.05, 3.63) is 0 Å². The van der Waals surface area contributed by atoms with Crippen LogP contribution in [0.15, 0.2) is 4.99 Å². The Balaban J connectivity index is 1.62. The lowest BCUT2D eigenvalue weighted by atomic mass is 9.53. The van der Waals surface area contributed by atoms with Crippen LogP contribution in [0, 0.1) is 17.8 Å². The maximum absolute atomic E-state index is 11.2. The maximum Gasteiger partial charge on any atom is 0.236 e. The summed E-state index contributed by atoms with van der Waals surface area (Å²) in [5.41, 5.74) is 0.203. The molecular weight excluding hydrogens is 232 g/mol. The number of hydrogen-bond donors (Lipinski definition) is 1. The molecule has 0 atom stereocenters. The Hall–Kier alpha value is -0.510. The SMILES string of the molecule is O=C1CSC(=NC23CC4CC(CC(C4)C2)C3)N1. The first-order valence-electron chi connectivity index (χ1n) is 6.73. The number of amidine groups is 1. The molecule has 5 rings (SSSR count). The first-order chi connectivity index (χ1) is 8.21. The lowest BCUT2D eigenvalue weighted by Crippen LogP contribution is -2.50. The minimum Gasteiger partial charge on any atom is -0.305 e. The zero-order chi connectivity index (χ0) is 11.5. The van der Waals surface area contributed by atoms with Gasteiger partial charge in [0.2, 0.25) is 5.91 Å². The van der Waals surface area contributed by atoms with Gasteiger partial charge in [0, 0.05) is 0 Å². The molecule has 5 aliphatic rings. The quantitative estimate of drug-likeness (QED) is 0.775. The van der Waals surface area contributed by atoms with Gasteiger partial charge in [0.1, 0.15) is 0 Å². The highest BCUT2D eigenvalue weighted by Crippen LogP contribution is 2.57. The van der Waals surface area contributed by atoms with Crippen molar-refractivity contribution in [3.63, 3.8) is 0 Å². The molecule has 0 aromatic heterocycles. The third-order valence-corrected chi connectivity index (χ3v) is 5.80. The van der Waals surface area contributed by atoms with E-state index in [1.54, 1.807) is 11.8 Å². The molecule has 0 aromatic rings. The van der Waals surface area contributed by atoms with E-state index in [-0.39, 0.29) is 11.4 Å². The summed E-state index contributed by atoms with van der Waals surface area (Å²) in [4.78, 5) is 16.2. The van der Waals surface area contributed by atoms with Crippen LogP contribution in [-0.4, -0.2) is 22.4 Å². The predicted molar refractivity (Wildman–Crippen MR) is 68.9 cm³/mol. The topological polar surface area (TPSA) is 41.5 Å². The monoisotopic (exact) mass is 250 g/mol. The van der Waals surface area contributed by atoms with Crippen LogP contribution in [-0.2, 0) is 4.79 Å². The van der Waals surface area contributed by atoms with Gasteiger partial charge in [-0.25, -0.2) is 0 Å². The van der Waals surface area contributed by atoms with Crippen LogP contribution in [0.4, 0.5) is 0 Å². The first-order valence-corrected chi connectivity index (χ1v) is 7.72. The Morgan fingerprint density at radius 1 is 1.12 bits per heavy atom. The van der Waals surface area contributed by atoms with Crippen molar-refractivity contribution in [3.8, 4) is 0 Å². The molecule has 0 spiro atoms. The highest BCUT2D eigenvalue weighted by Gasteiger charge is 2.51. The molecule has 1 saturated heterocycles. The molecule has 0 aromatic carbocycles. The van der Waals surface area contributed by atoms with Gasteiger partial charge >= 0.3 is 0 Å². The summed E-state index contributed by atoms with van der Waals surface area (Å²) >= 11 is 1.59. The Labute approximate surface area is 106 Å². The van der Waals surface area contributed by atoms with Crippen LogP contribution >= 0.6 is 11.8 Å². The average molecular weight is 250 g/mol. The lowest BCUT2D eigenvalue weighted by Gasteiger charge is -2.54. The molecule has 4 saturated carbocycles. The molecule has 1 N–H and O–H groups in total. The Morgan fingerprint density at radius 2 is 1.71 bits per heavy atom. The zero-order valence-electron chi connectivity index (χ0n) is 9.95. The second-order valence-corrected chi connectivity index (χ2v) is 7.36. The molecule has 4 bridgehead atoms. The van der Waals surface area contributed by atoms with Gasteiger partial charge in [-0.3, -0.25) is 9.79 Å². The molecule has 1 aliphatic heterocycles. The van der Waals surface area contributed by atoms with Crippen LogP contribution in [0.1, 0.15) is 38.5 Å². The van der Waals surface area contributed by atoms with Crippen LogP contribution < -0.4 is 5.32 Å². The van der Waals surface area contributed by atoms with E-state index in [4.69, 9.17) is 4.99 Å². The van der Waals surface area contributed by atoms with Crippen molar-refractivity contribution in [2.24, 2.45) is 22.7 Å². The van der Waals surface area contributed by atoms with Gasteiger partial charge in [0.15, 0.2) is 5.17 Å². The van der Waals surface area contributed by atoms with Crippen molar-refractivity contribution < 1.29 is 4.79 Å². The number of hydrogen-bond acceptors (Lipinski definition) is 3. The third kappa shape index (κ3) is 1.72. The van der Waals surface area contributed by atoms with Crippen molar-refractivity contribution in [1.29, 1.82) is 0 Å². The Morgan fingerprint density at radius 3 is 2.18 bits per heavy atom. The standard InChI is InChI=1S/C13H18N2OS/c16-11-7-17-12(14-11)15-13-4-8-1-9(5-13)3-10(2-8)6-13/h8-10H,1-7H2,(H,14,15,16). The van der Waals surface area contributed by atoms with Gasteiger partial charge in [-0.15, -0.1) is 0 Å². The molecule has 0 unspecified atom stereocenters. The first kappa shape index (κ1) is 10.4. The third-order valence-electron chi connectivity index (χ3n) is 4.93. The van der Waals surface area contributed by atoms with Crippen LogP contribution in [0.2, 0.25) is 0 Å². The van der Waals surface area contributed by atoms with Crippen LogP contribution in [0.25, 0.3) is 0 Å². The summed E-state index contributed by atoms with van der Waals surface area (Å²) in [7, 11) is 0. The molecule has 1 amide bonds. The second kappa shape index (κ2) is 3.50. The molecule has 1 heterocycles. The molecule has 92 valence electrons. The fourth-order valence-electron chi connectivity index (χ4n) is 4.80. The van der Waals surface area contributed by atoms with E-state index in [1.165, 1.54) is 38.5 Å². The summed E-state index contributed by atoms with van der Waals surface area (Å²) in [6.07, 6.45) is 8.17.